The van der Waals surface area contributed by atoms with Gasteiger partial charge in [0.05, 0.1) is 9.82 Å². The quantitative estimate of drug-likeness (QED) is 0.360. The average Bonchev–Trinajstić information content (AvgIpc) is 3.04. The van der Waals surface area contributed by atoms with Crippen LogP contribution in [0.4, 0.5) is 30.5 Å². The van der Waals surface area contributed by atoms with Crippen LogP contribution >= 0.6 is 0 Å². The Labute approximate surface area is 196 Å². The number of aryl methyl sites for hydroxylation is 2. The van der Waals surface area contributed by atoms with Gasteiger partial charge >= 0.3 is 11.9 Å². The van der Waals surface area contributed by atoms with Crippen molar-refractivity contribution >= 4 is 33.3 Å². The maximum absolute atomic E-state index is 13.1. The summed E-state index contributed by atoms with van der Waals surface area (Å²) in [5.41, 5.74) is -2.13. The number of hydrogen-bond donors (Lipinski definition) is 2. The SMILES string of the molecule is Cc1cc(C)nc(NS(=O)(=O)c2ccc(NC(=O)Cn3nc(C(F)(F)F)c([N+](=O)[O-])c3C)cc2)n1. The van der Waals surface area contributed by atoms with Crippen LogP contribution in [0.5, 0.6) is 0 Å². The number of amides is 1. The fourth-order valence-electron chi connectivity index (χ4n) is 3.10. The standard InChI is InChI=1S/C19H18F3N7O5S/c1-10-8-11(2)24-18(23-10)27-35(33,34)14-6-4-13(5-7-14)25-15(30)9-28-12(3)16(29(31)32)17(26-28)19(20,21)22/h4-8H,9H2,1-3H3,(H,25,30)(H,23,24,27). The van der Waals surface area contributed by atoms with E-state index in [4.69, 9.17) is 0 Å². The molecule has 0 radical (unpaired) electrons. The van der Waals surface area contributed by atoms with Gasteiger partial charge in [-0.25, -0.2) is 23.1 Å². The van der Waals surface area contributed by atoms with Crippen LogP contribution in [0.25, 0.3) is 0 Å². The van der Waals surface area contributed by atoms with Gasteiger partial charge in [-0.1, -0.05) is 0 Å². The number of anilines is 2. The van der Waals surface area contributed by atoms with E-state index >= 15 is 0 Å². The lowest BCUT2D eigenvalue weighted by Crippen LogP contribution is -2.21. The third kappa shape index (κ3) is 5.89. The molecular formula is C19H18F3N7O5S. The van der Waals surface area contributed by atoms with Crippen LogP contribution in [0.3, 0.4) is 0 Å². The number of nitro groups is 1. The summed E-state index contributed by atoms with van der Waals surface area (Å²) in [5.74, 6) is -0.946. The molecule has 1 amide bonds. The van der Waals surface area contributed by atoms with E-state index in [0.29, 0.717) is 16.1 Å². The molecule has 186 valence electrons. The molecule has 0 spiro atoms. The number of alkyl halides is 3. The molecule has 35 heavy (non-hydrogen) atoms. The Kier molecular flexibility index (Phi) is 6.77. The van der Waals surface area contributed by atoms with Crippen molar-refractivity contribution in [3.05, 3.63) is 63.2 Å². The molecule has 2 aromatic heterocycles. The summed E-state index contributed by atoms with van der Waals surface area (Å²) < 4.78 is 67.1. The number of carbonyl (C=O) groups is 1. The fraction of sp³-hybridized carbons (Fsp3) is 0.263. The topological polar surface area (TPSA) is 162 Å². The Morgan fingerprint density at radius 2 is 1.69 bits per heavy atom. The first-order chi connectivity index (χ1) is 16.2. The molecule has 0 atom stereocenters. The molecule has 0 aliphatic heterocycles. The predicted molar refractivity (Wildman–Crippen MR) is 116 cm³/mol. The maximum atomic E-state index is 13.1. The van der Waals surface area contributed by atoms with Gasteiger partial charge in [-0.3, -0.25) is 19.6 Å². The molecule has 0 aliphatic carbocycles. The Morgan fingerprint density at radius 3 is 2.17 bits per heavy atom. The number of halogens is 3. The minimum Gasteiger partial charge on any atom is -0.324 e. The molecular weight excluding hydrogens is 495 g/mol. The number of sulfonamides is 1. The number of aromatic nitrogens is 4. The zero-order valence-electron chi connectivity index (χ0n) is 18.4. The first-order valence-corrected chi connectivity index (χ1v) is 11.2. The second kappa shape index (κ2) is 9.28. The number of carbonyl (C=O) groups excluding carboxylic acids is 1. The maximum Gasteiger partial charge on any atom is 0.442 e. The van der Waals surface area contributed by atoms with E-state index in [1.165, 1.54) is 24.3 Å². The summed E-state index contributed by atoms with van der Waals surface area (Å²) in [4.78, 5) is 30.0. The van der Waals surface area contributed by atoms with E-state index in [0.717, 1.165) is 6.92 Å². The minimum absolute atomic E-state index is 0.109. The normalized spacial score (nSPS) is 11.8. The van der Waals surface area contributed by atoms with E-state index in [2.05, 4.69) is 25.1 Å². The fourth-order valence-corrected chi connectivity index (χ4v) is 4.05. The van der Waals surface area contributed by atoms with Crippen molar-refractivity contribution in [2.24, 2.45) is 0 Å². The smallest absolute Gasteiger partial charge is 0.324 e. The van der Waals surface area contributed by atoms with Crippen molar-refractivity contribution in [1.82, 2.24) is 19.7 Å². The minimum atomic E-state index is -5.08. The van der Waals surface area contributed by atoms with Crippen molar-refractivity contribution in [3.63, 3.8) is 0 Å². The second-order valence-electron chi connectivity index (χ2n) is 7.35. The highest BCUT2D eigenvalue weighted by molar-refractivity contribution is 7.92. The molecule has 2 N–H and O–H groups in total. The summed E-state index contributed by atoms with van der Waals surface area (Å²) in [5, 5.41) is 16.6. The summed E-state index contributed by atoms with van der Waals surface area (Å²) in [7, 11) is -4.04. The van der Waals surface area contributed by atoms with Crippen LogP contribution in [0.2, 0.25) is 0 Å². The van der Waals surface area contributed by atoms with Crippen molar-refractivity contribution in [2.75, 3.05) is 10.0 Å². The molecule has 12 nitrogen and oxygen atoms in total. The van der Waals surface area contributed by atoms with E-state index in [-0.39, 0.29) is 16.5 Å². The molecule has 0 saturated heterocycles. The third-order valence-electron chi connectivity index (χ3n) is 4.58. The zero-order chi connectivity index (χ0) is 26.1. The first kappa shape index (κ1) is 25.5. The Balaban J connectivity index is 1.73. The van der Waals surface area contributed by atoms with Crippen molar-refractivity contribution in [3.8, 4) is 0 Å². The van der Waals surface area contributed by atoms with Gasteiger partial charge in [0.15, 0.2) is 0 Å². The molecule has 0 unspecified atom stereocenters. The van der Waals surface area contributed by atoms with E-state index in [1.807, 2.05) is 0 Å². The second-order valence-corrected chi connectivity index (χ2v) is 9.03. The van der Waals surface area contributed by atoms with Gasteiger partial charge in [0.2, 0.25) is 17.5 Å². The van der Waals surface area contributed by atoms with Crippen LogP contribution < -0.4 is 10.0 Å². The van der Waals surface area contributed by atoms with Gasteiger partial charge in [0, 0.05) is 17.1 Å². The Hall–Kier alpha value is -4.08. The number of benzene rings is 1. The zero-order valence-corrected chi connectivity index (χ0v) is 19.2. The lowest BCUT2D eigenvalue weighted by molar-refractivity contribution is -0.388. The lowest BCUT2D eigenvalue weighted by Gasteiger charge is -2.10. The van der Waals surface area contributed by atoms with Gasteiger partial charge < -0.3 is 5.32 Å². The van der Waals surface area contributed by atoms with Gasteiger partial charge in [-0.2, -0.15) is 18.3 Å². The number of nitrogens with one attached hydrogen (secondary N) is 2. The lowest BCUT2D eigenvalue weighted by atomic mass is 10.3. The summed E-state index contributed by atoms with van der Waals surface area (Å²) in [6.45, 7) is 3.65. The van der Waals surface area contributed by atoms with E-state index in [1.54, 1.807) is 19.9 Å². The van der Waals surface area contributed by atoms with Crippen molar-refractivity contribution in [2.45, 2.75) is 38.4 Å². The van der Waals surface area contributed by atoms with Gasteiger partial charge in [-0.15, -0.1) is 0 Å². The molecule has 0 aliphatic rings. The van der Waals surface area contributed by atoms with E-state index < -0.39 is 50.7 Å². The number of rotatable bonds is 7. The molecule has 0 fully saturated rings. The molecule has 3 aromatic rings. The third-order valence-corrected chi connectivity index (χ3v) is 5.92. The van der Waals surface area contributed by atoms with Crippen LogP contribution in [0, 0.1) is 30.9 Å². The van der Waals surface area contributed by atoms with Crippen molar-refractivity contribution in [1.29, 1.82) is 0 Å². The highest BCUT2D eigenvalue weighted by Gasteiger charge is 2.44. The van der Waals surface area contributed by atoms with Gasteiger partial charge in [0.25, 0.3) is 10.0 Å². The van der Waals surface area contributed by atoms with Crippen LogP contribution in [-0.2, 0) is 27.5 Å². The van der Waals surface area contributed by atoms with E-state index in [9.17, 15) is 36.5 Å². The Morgan fingerprint density at radius 1 is 1.11 bits per heavy atom. The average molecular weight is 513 g/mol. The largest absolute Gasteiger partial charge is 0.442 e. The van der Waals surface area contributed by atoms with Crippen LogP contribution in [-0.4, -0.2) is 39.0 Å². The molecule has 3 rings (SSSR count). The van der Waals surface area contributed by atoms with Crippen LogP contribution in [0.15, 0.2) is 35.2 Å². The van der Waals surface area contributed by atoms with Crippen LogP contribution in [0.1, 0.15) is 22.8 Å². The Bertz CT molecular complexity index is 1380. The number of hydrogen-bond acceptors (Lipinski definition) is 8. The van der Waals surface area contributed by atoms with Crippen molar-refractivity contribution < 1.29 is 31.3 Å². The summed E-state index contributed by atoms with van der Waals surface area (Å²) >= 11 is 0. The first-order valence-electron chi connectivity index (χ1n) is 9.71. The predicted octanol–water partition coefficient (Wildman–Crippen LogP) is 2.96. The molecule has 2 heterocycles. The molecule has 0 saturated carbocycles. The highest BCUT2D eigenvalue weighted by atomic mass is 32.2. The molecule has 1 aromatic carbocycles. The summed E-state index contributed by atoms with van der Waals surface area (Å²) in [6, 6.07) is 6.56. The number of nitrogens with zero attached hydrogens (tertiary/aromatic N) is 5. The van der Waals surface area contributed by atoms with Gasteiger partial charge in [0.1, 0.15) is 12.2 Å². The highest BCUT2D eigenvalue weighted by Crippen LogP contribution is 2.36. The molecule has 16 heteroatoms. The molecule has 0 bridgehead atoms. The van der Waals surface area contributed by atoms with Gasteiger partial charge in [-0.05, 0) is 51.1 Å². The monoisotopic (exact) mass is 513 g/mol. The summed E-state index contributed by atoms with van der Waals surface area (Å²) in [6.07, 6.45) is -5.08.